The largest absolute Gasteiger partial charge is 0.481 e. The molecule has 0 saturated carbocycles. The Labute approximate surface area is 119 Å². The standard InChI is InChI=1S/C14H23N3O3/c1-4-20-12-9-11(3)16-14(17-12)15-8-7-10(2)5-6-13(18)19/h9-10H,4-8H2,1-3H3,(H,18,19)(H,15,16,17). The van der Waals surface area contributed by atoms with Gasteiger partial charge in [-0.3, -0.25) is 4.79 Å². The zero-order valence-electron chi connectivity index (χ0n) is 12.3. The van der Waals surface area contributed by atoms with Crippen LogP contribution in [0.15, 0.2) is 6.07 Å². The van der Waals surface area contributed by atoms with E-state index in [-0.39, 0.29) is 6.42 Å². The number of carboxylic acids is 1. The maximum absolute atomic E-state index is 10.5. The zero-order chi connectivity index (χ0) is 15.0. The van der Waals surface area contributed by atoms with Crippen molar-refractivity contribution in [2.45, 2.75) is 40.0 Å². The molecule has 0 aliphatic rings. The summed E-state index contributed by atoms with van der Waals surface area (Å²) in [5.41, 5.74) is 0.852. The number of aryl methyl sites for hydroxylation is 1. The number of nitrogens with zero attached hydrogens (tertiary/aromatic N) is 2. The highest BCUT2D eigenvalue weighted by Crippen LogP contribution is 2.13. The number of nitrogens with one attached hydrogen (secondary N) is 1. The summed E-state index contributed by atoms with van der Waals surface area (Å²) in [6.07, 6.45) is 1.79. The number of hydrogen-bond donors (Lipinski definition) is 2. The number of anilines is 1. The quantitative estimate of drug-likeness (QED) is 0.723. The first-order chi connectivity index (χ1) is 9.51. The Morgan fingerprint density at radius 3 is 2.85 bits per heavy atom. The Bertz CT molecular complexity index is 438. The van der Waals surface area contributed by atoms with Crippen molar-refractivity contribution < 1.29 is 14.6 Å². The van der Waals surface area contributed by atoms with Crippen LogP contribution < -0.4 is 10.1 Å². The number of rotatable bonds is 9. The Kier molecular flexibility index (Phi) is 6.76. The molecule has 2 N–H and O–H groups in total. The number of aromatic nitrogens is 2. The minimum atomic E-state index is -0.742. The van der Waals surface area contributed by atoms with Gasteiger partial charge < -0.3 is 15.2 Å². The molecule has 1 atom stereocenters. The second kappa shape index (κ2) is 8.35. The van der Waals surface area contributed by atoms with Crippen LogP contribution >= 0.6 is 0 Å². The maximum Gasteiger partial charge on any atom is 0.303 e. The third kappa shape index (κ3) is 6.36. The van der Waals surface area contributed by atoms with Gasteiger partial charge in [0, 0.05) is 24.7 Å². The van der Waals surface area contributed by atoms with Gasteiger partial charge in [-0.2, -0.15) is 4.98 Å². The van der Waals surface area contributed by atoms with Crippen molar-refractivity contribution in [3.8, 4) is 5.88 Å². The van der Waals surface area contributed by atoms with Gasteiger partial charge in [-0.15, -0.1) is 0 Å². The third-order valence-corrected chi connectivity index (χ3v) is 2.89. The fraction of sp³-hybridized carbons (Fsp3) is 0.643. The highest BCUT2D eigenvalue weighted by Gasteiger charge is 2.07. The van der Waals surface area contributed by atoms with Gasteiger partial charge in [0.15, 0.2) is 0 Å². The topological polar surface area (TPSA) is 84.3 Å². The summed E-state index contributed by atoms with van der Waals surface area (Å²) >= 11 is 0. The van der Waals surface area contributed by atoms with Crippen molar-refractivity contribution in [1.82, 2.24) is 9.97 Å². The zero-order valence-corrected chi connectivity index (χ0v) is 12.3. The molecule has 0 aliphatic heterocycles. The fourth-order valence-corrected chi connectivity index (χ4v) is 1.79. The number of carbonyl (C=O) groups is 1. The van der Waals surface area contributed by atoms with E-state index >= 15 is 0 Å². The van der Waals surface area contributed by atoms with Crippen molar-refractivity contribution in [3.05, 3.63) is 11.8 Å². The van der Waals surface area contributed by atoms with Crippen molar-refractivity contribution >= 4 is 11.9 Å². The molecule has 0 bridgehead atoms. The van der Waals surface area contributed by atoms with Crippen LogP contribution in [-0.2, 0) is 4.79 Å². The Hall–Kier alpha value is -1.85. The van der Waals surface area contributed by atoms with Crippen LogP contribution in [0.1, 0.15) is 38.8 Å². The molecule has 112 valence electrons. The molecule has 1 aromatic rings. The summed E-state index contributed by atoms with van der Waals surface area (Å²) in [6.45, 7) is 7.14. The van der Waals surface area contributed by atoms with Gasteiger partial charge in [0.2, 0.25) is 11.8 Å². The minimum Gasteiger partial charge on any atom is -0.481 e. The number of hydrogen-bond acceptors (Lipinski definition) is 5. The number of carboxylic acid groups (broad SMARTS) is 1. The average molecular weight is 281 g/mol. The fourth-order valence-electron chi connectivity index (χ4n) is 1.79. The van der Waals surface area contributed by atoms with Gasteiger partial charge in [0.1, 0.15) is 0 Å². The van der Waals surface area contributed by atoms with E-state index in [1.165, 1.54) is 0 Å². The monoisotopic (exact) mass is 281 g/mol. The van der Waals surface area contributed by atoms with E-state index in [0.29, 0.717) is 30.8 Å². The summed E-state index contributed by atoms with van der Waals surface area (Å²) in [5.74, 6) is 0.739. The van der Waals surface area contributed by atoms with E-state index in [1.807, 2.05) is 20.8 Å². The van der Waals surface area contributed by atoms with E-state index in [2.05, 4.69) is 15.3 Å². The predicted octanol–water partition coefficient (Wildman–Crippen LogP) is 2.49. The molecule has 0 radical (unpaired) electrons. The first kappa shape index (κ1) is 16.2. The Morgan fingerprint density at radius 1 is 1.45 bits per heavy atom. The number of ether oxygens (including phenoxy) is 1. The van der Waals surface area contributed by atoms with E-state index in [4.69, 9.17) is 9.84 Å². The molecule has 0 amide bonds. The summed E-state index contributed by atoms with van der Waals surface area (Å²) in [5, 5.41) is 11.8. The first-order valence-corrected chi connectivity index (χ1v) is 6.95. The Morgan fingerprint density at radius 2 is 2.20 bits per heavy atom. The van der Waals surface area contributed by atoms with Crippen LogP contribution in [-0.4, -0.2) is 34.2 Å². The average Bonchev–Trinajstić information content (AvgIpc) is 2.36. The van der Waals surface area contributed by atoms with Gasteiger partial charge in [-0.1, -0.05) is 6.92 Å². The molecule has 0 aliphatic carbocycles. The second-order valence-electron chi connectivity index (χ2n) is 4.86. The summed E-state index contributed by atoms with van der Waals surface area (Å²) in [7, 11) is 0. The van der Waals surface area contributed by atoms with E-state index in [0.717, 1.165) is 18.7 Å². The van der Waals surface area contributed by atoms with Gasteiger partial charge in [0.25, 0.3) is 0 Å². The lowest BCUT2D eigenvalue weighted by Crippen LogP contribution is -2.11. The highest BCUT2D eigenvalue weighted by atomic mass is 16.5. The molecule has 20 heavy (non-hydrogen) atoms. The lowest BCUT2D eigenvalue weighted by atomic mass is 10.0. The molecule has 1 heterocycles. The SMILES string of the molecule is CCOc1cc(C)nc(NCCC(C)CCC(=O)O)n1. The molecular formula is C14H23N3O3. The van der Waals surface area contributed by atoms with Crippen LogP contribution in [0.4, 0.5) is 5.95 Å². The molecule has 6 nitrogen and oxygen atoms in total. The van der Waals surface area contributed by atoms with E-state index in [1.54, 1.807) is 6.07 Å². The van der Waals surface area contributed by atoms with Crippen molar-refractivity contribution in [2.24, 2.45) is 5.92 Å². The lowest BCUT2D eigenvalue weighted by molar-refractivity contribution is -0.137. The summed E-state index contributed by atoms with van der Waals surface area (Å²) in [6, 6.07) is 1.80. The van der Waals surface area contributed by atoms with E-state index in [9.17, 15) is 4.79 Å². The Balaban J connectivity index is 2.39. The molecule has 0 fully saturated rings. The van der Waals surface area contributed by atoms with Gasteiger partial charge >= 0.3 is 5.97 Å². The molecular weight excluding hydrogens is 258 g/mol. The van der Waals surface area contributed by atoms with Gasteiger partial charge in [-0.25, -0.2) is 4.98 Å². The molecule has 0 aromatic carbocycles. The molecule has 0 spiro atoms. The summed E-state index contributed by atoms with van der Waals surface area (Å²) in [4.78, 5) is 19.0. The third-order valence-electron chi connectivity index (χ3n) is 2.89. The molecule has 1 rings (SSSR count). The minimum absolute atomic E-state index is 0.219. The van der Waals surface area contributed by atoms with Gasteiger partial charge in [0.05, 0.1) is 6.61 Å². The molecule has 0 saturated heterocycles. The predicted molar refractivity (Wildman–Crippen MR) is 77.1 cm³/mol. The summed E-state index contributed by atoms with van der Waals surface area (Å²) < 4.78 is 5.36. The van der Waals surface area contributed by atoms with Crippen molar-refractivity contribution in [1.29, 1.82) is 0 Å². The first-order valence-electron chi connectivity index (χ1n) is 6.95. The van der Waals surface area contributed by atoms with Crippen LogP contribution in [0.5, 0.6) is 5.88 Å². The van der Waals surface area contributed by atoms with E-state index < -0.39 is 5.97 Å². The second-order valence-corrected chi connectivity index (χ2v) is 4.86. The molecule has 6 heteroatoms. The van der Waals surface area contributed by atoms with Crippen LogP contribution in [0.2, 0.25) is 0 Å². The van der Waals surface area contributed by atoms with Crippen molar-refractivity contribution in [3.63, 3.8) is 0 Å². The normalized spacial score (nSPS) is 11.9. The molecule has 1 unspecified atom stereocenters. The number of aliphatic carboxylic acids is 1. The molecule has 1 aromatic heterocycles. The lowest BCUT2D eigenvalue weighted by Gasteiger charge is -2.11. The smallest absolute Gasteiger partial charge is 0.303 e. The highest BCUT2D eigenvalue weighted by molar-refractivity contribution is 5.66. The van der Waals surface area contributed by atoms with Crippen LogP contribution in [0, 0.1) is 12.8 Å². The van der Waals surface area contributed by atoms with Gasteiger partial charge in [-0.05, 0) is 32.6 Å². The van der Waals surface area contributed by atoms with Crippen LogP contribution in [0.25, 0.3) is 0 Å². The maximum atomic E-state index is 10.5. The van der Waals surface area contributed by atoms with Crippen molar-refractivity contribution in [2.75, 3.05) is 18.5 Å². The van der Waals surface area contributed by atoms with Crippen LogP contribution in [0.3, 0.4) is 0 Å².